The lowest BCUT2D eigenvalue weighted by Gasteiger charge is -2.31. The Bertz CT molecular complexity index is 1360. The molecule has 44 heavy (non-hydrogen) atoms. The van der Waals surface area contributed by atoms with Gasteiger partial charge in [0.1, 0.15) is 12.4 Å². The van der Waals surface area contributed by atoms with Gasteiger partial charge < -0.3 is 29.3 Å². The third kappa shape index (κ3) is 7.97. The molecule has 5 heterocycles. The van der Waals surface area contributed by atoms with E-state index in [9.17, 15) is 4.79 Å². The highest BCUT2D eigenvalue weighted by molar-refractivity contribution is 5.72. The van der Waals surface area contributed by atoms with Gasteiger partial charge in [-0.1, -0.05) is 6.07 Å². The number of esters is 1. The Kier molecular flexibility index (Phi) is 10.4. The van der Waals surface area contributed by atoms with E-state index in [1.807, 2.05) is 6.07 Å². The minimum absolute atomic E-state index is 0.000145. The molecule has 2 saturated heterocycles. The maximum atomic E-state index is 13.0. The summed E-state index contributed by atoms with van der Waals surface area (Å²) in [5.74, 6) is 1.51. The van der Waals surface area contributed by atoms with Crippen LogP contribution in [0.4, 0.5) is 11.5 Å². The number of rotatable bonds is 13. The first-order valence-electron chi connectivity index (χ1n) is 16.2. The summed E-state index contributed by atoms with van der Waals surface area (Å²) in [6.45, 7) is 7.69. The molecule has 0 unspecified atom stereocenters. The smallest absolute Gasteiger partial charge is 0.306 e. The van der Waals surface area contributed by atoms with Crippen molar-refractivity contribution < 1.29 is 19.0 Å². The number of morpholine rings is 1. The summed E-state index contributed by atoms with van der Waals surface area (Å²) in [4.78, 5) is 22.9. The third-order valence-electron chi connectivity index (χ3n) is 9.17. The van der Waals surface area contributed by atoms with Gasteiger partial charge in [0.2, 0.25) is 0 Å². The number of carbonyl (C=O) groups excluding carboxylic acids is 1. The summed E-state index contributed by atoms with van der Waals surface area (Å²) in [6.07, 6.45) is 7.70. The number of nitrogens with one attached hydrogen (secondary N) is 2. The van der Waals surface area contributed by atoms with E-state index in [2.05, 4.69) is 55.6 Å². The van der Waals surface area contributed by atoms with Crippen molar-refractivity contribution in [1.29, 1.82) is 0 Å². The zero-order chi connectivity index (χ0) is 30.1. The highest BCUT2D eigenvalue weighted by atomic mass is 16.6. The van der Waals surface area contributed by atoms with Crippen molar-refractivity contribution in [2.75, 3.05) is 83.0 Å². The first-order chi connectivity index (χ1) is 21.6. The SMILES string of the molecule is COCCOC(=O)C[C@H](CN1CC[C@@H](CCc2ccc3c(n2)NCCC3)C1)c1cc(-c2ccn[nH]2)cc(N2CCOCC2)c1. The second-order valence-electron chi connectivity index (χ2n) is 12.3. The zero-order valence-corrected chi connectivity index (χ0v) is 25.9. The van der Waals surface area contributed by atoms with Crippen LogP contribution in [0.25, 0.3) is 11.3 Å². The average molecular weight is 603 g/mol. The number of hydrogen-bond acceptors (Lipinski definition) is 9. The Hall–Kier alpha value is -3.47. The maximum absolute atomic E-state index is 13.0. The summed E-state index contributed by atoms with van der Waals surface area (Å²) in [5, 5.41) is 10.8. The largest absolute Gasteiger partial charge is 0.463 e. The minimum Gasteiger partial charge on any atom is -0.463 e. The van der Waals surface area contributed by atoms with Crippen molar-refractivity contribution in [3.05, 3.63) is 59.4 Å². The summed E-state index contributed by atoms with van der Waals surface area (Å²) >= 11 is 0. The Morgan fingerprint density at radius 2 is 2.05 bits per heavy atom. The van der Waals surface area contributed by atoms with Gasteiger partial charge >= 0.3 is 5.97 Å². The van der Waals surface area contributed by atoms with E-state index < -0.39 is 0 Å². The number of hydrogen-bond donors (Lipinski definition) is 2. The van der Waals surface area contributed by atoms with Gasteiger partial charge in [0.15, 0.2) is 0 Å². The Morgan fingerprint density at radius 1 is 1.14 bits per heavy atom. The van der Waals surface area contributed by atoms with Crippen LogP contribution in [0.2, 0.25) is 0 Å². The van der Waals surface area contributed by atoms with Gasteiger partial charge in [-0.15, -0.1) is 0 Å². The minimum atomic E-state index is -0.185. The van der Waals surface area contributed by atoms with Crippen molar-refractivity contribution in [2.24, 2.45) is 5.92 Å². The van der Waals surface area contributed by atoms with Crippen LogP contribution in [0.3, 0.4) is 0 Å². The number of benzene rings is 1. The van der Waals surface area contributed by atoms with Crippen LogP contribution < -0.4 is 10.2 Å². The second kappa shape index (κ2) is 15.0. The molecule has 236 valence electrons. The van der Waals surface area contributed by atoms with Crippen LogP contribution >= 0.6 is 0 Å². The standard InChI is InChI=1S/C34H46N6O4/c1-42-17-18-44-33(41)22-29(27-19-28(32-8-11-36-38-32)21-31(20-27)40-13-15-43-16-14-40)24-39-12-9-25(23-39)4-6-30-7-5-26-3-2-10-35-34(26)37-30/h5,7-8,11,19-21,25,29H,2-4,6,9-10,12-18,22-24H2,1H3,(H,35,37)(H,36,38)/t25-,29-/m1/s1. The van der Waals surface area contributed by atoms with Crippen molar-refractivity contribution in [2.45, 2.75) is 44.4 Å². The fourth-order valence-corrected chi connectivity index (χ4v) is 6.72. The summed E-state index contributed by atoms with van der Waals surface area (Å²) in [6, 6.07) is 13.2. The predicted octanol–water partition coefficient (Wildman–Crippen LogP) is 4.28. The van der Waals surface area contributed by atoms with Gasteiger partial charge in [0, 0.05) is 68.9 Å². The Labute approximate surface area is 260 Å². The highest BCUT2D eigenvalue weighted by Gasteiger charge is 2.28. The van der Waals surface area contributed by atoms with E-state index in [0.29, 0.717) is 32.2 Å². The number of aryl methyl sites for hydroxylation is 2. The quantitative estimate of drug-likeness (QED) is 0.219. The van der Waals surface area contributed by atoms with Crippen LogP contribution in [-0.2, 0) is 31.8 Å². The lowest BCUT2D eigenvalue weighted by atomic mass is 9.92. The molecule has 3 aromatic rings. The maximum Gasteiger partial charge on any atom is 0.306 e. The van der Waals surface area contributed by atoms with E-state index in [1.54, 1.807) is 13.3 Å². The fraction of sp³-hybridized carbons (Fsp3) is 0.559. The second-order valence-corrected chi connectivity index (χ2v) is 12.3. The van der Waals surface area contributed by atoms with Crippen LogP contribution in [0.5, 0.6) is 0 Å². The van der Waals surface area contributed by atoms with Gasteiger partial charge in [-0.3, -0.25) is 9.89 Å². The van der Waals surface area contributed by atoms with Crippen LogP contribution in [0, 0.1) is 5.92 Å². The topological polar surface area (TPSA) is 105 Å². The number of likely N-dealkylation sites (tertiary alicyclic amines) is 1. The highest BCUT2D eigenvalue weighted by Crippen LogP contribution is 2.33. The molecule has 0 bridgehead atoms. The van der Waals surface area contributed by atoms with Gasteiger partial charge in [-0.25, -0.2) is 4.98 Å². The predicted molar refractivity (Wildman–Crippen MR) is 171 cm³/mol. The van der Waals surface area contributed by atoms with Crippen molar-refractivity contribution in [3.8, 4) is 11.3 Å². The van der Waals surface area contributed by atoms with E-state index in [1.165, 1.54) is 24.1 Å². The zero-order valence-electron chi connectivity index (χ0n) is 25.9. The number of aromatic nitrogens is 3. The van der Waals surface area contributed by atoms with Crippen molar-refractivity contribution in [1.82, 2.24) is 20.1 Å². The molecule has 0 aliphatic carbocycles. The average Bonchev–Trinajstić information content (AvgIpc) is 3.77. The molecule has 10 nitrogen and oxygen atoms in total. The number of methoxy groups -OCH3 is 1. The first kappa shape index (κ1) is 30.6. The van der Waals surface area contributed by atoms with Crippen molar-refractivity contribution in [3.63, 3.8) is 0 Å². The van der Waals surface area contributed by atoms with Crippen LogP contribution in [0.1, 0.15) is 48.4 Å². The number of aromatic amines is 1. The van der Waals surface area contributed by atoms with Gasteiger partial charge in [-0.2, -0.15) is 5.10 Å². The van der Waals surface area contributed by atoms with Crippen LogP contribution in [0.15, 0.2) is 42.6 Å². The Balaban J connectivity index is 1.16. The molecule has 0 saturated carbocycles. The lowest BCUT2D eigenvalue weighted by molar-refractivity contribution is -0.145. The van der Waals surface area contributed by atoms with E-state index in [0.717, 1.165) is 86.9 Å². The fourth-order valence-electron chi connectivity index (χ4n) is 6.72. The normalized spacial score (nSPS) is 19.4. The molecular weight excluding hydrogens is 556 g/mol. The monoisotopic (exact) mass is 602 g/mol. The summed E-state index contributed by atoms with van der Waals surface area (Å²) < 4.78 is 16.3. The van der Waals surface area contributed by atoms with Crippen molar-refractivity contribution >= 4 is 17.5 Å². The molecule has 0 spiro atoms. The summed E-state index contributed by atoms with van der Waals surface area (Å²) in [7, 11) is 1.62. The van der Waals surface area contributed by atoms with E-state index in [4.69, 9.17) is 19.2 Å². The lowest BCUT2D eigenvalue weighted by Crippen LogP contribution is -2.36. The number of fused-ring (bicyclic) bond motifs is 1. The molecule has 6 rings (SSSR count). The molecule has 2 fully saturated rings. The molecule has 0 radical (unpaired) electrons. The van der Waals surface area contributed by atoms with E-state index >= 15 is 0 Å². The molecule has 3 aliphatic heterocycles. The van der Waals surface area contributed by atoms with Gasteiger partial charge in [0.05, 0.1) is 31.9 Å². The summed E-state index contributed by atoms with van der Waals surface area (Å²) in [5.41, 5.74) is 6.86. The number of anilines is 2. The van der Waals surface area contributed by atoms with Gasteiger partial charge in [0.25, 0.3) is 0 Å². The molecule has 2 atom stereocenters. The number of pyridine rings is 1. The van der Waals surface area contributed by atoms with Crippen LogP contribution in [-0.4, -0.2) is 98.9 Å². The number of carbonyl (C=O) groups is 1. The molecule has 2 N–H and O–H groups in total. The first-order valence-corrected chi connectivity index (χ1v) is 16.2. The third-order valence-corrected chi connectivity index (χ3v) is 9.17. The molecule has 3 aliphatic rings. The molecule has 2 aromatic heterocycles. The number of nitrogens with zero attached hydrogens (tertiary/aromatic N) is 4. The molecular formula is C34H46N6O4. The molecule has 0 amide bonds. The number of H-pyrrole nitrogens is 1. The van der Waals surface area contributed by atoms with E-state index in [-0.39, 0.29) is 18.5 Å². The van der Waals surface area contributed by atoms with Gasteiger partial charge in [-0.05, 0) is 86.0 Å². The molecule has 1 aromatic carbocycles. The Morgan fingerprint density at radius 3 is 2.89 bits per heavy atom. The molecule has 10 heteroatoms. The number of ether oxygens (including phenoxy) is 3.